The molecule has 36 heavy (non-hydrogen) atoms. The van der Waals surface area contributed by atoms with Gasteiger partial charge in [0.1, 0.15) is 18.3 Å². The van der Waals surface area contributed by atoms with Crippen molar-refractivity contribution in [3.05, 3.63) is 12.2 Å². The molecule has 4 fully saturated rings. The molecule has 0 aromatic heterocycles. The van der Waals surface area contributed by atoms with Crippen LogP contribution >= 0.6 is 0 Å². The van der Waals surface area contributed by atoms with Crippen molar-refractivity contribution in [2.45, 2.75) is 93.8 Å². The Morgan fingerprint density at radius 3 is 2.11 bits per heavy atom. The third-order valence-corrected chi connectivity index (χ3v) is 6.51. The summed E-state index contributed by atoms with van der Waals surface area (Å²) in [5.74, 6) is -4.74. The van der Waals surface area contributed by atoms with Gasteiger partial charge in [-0.25, -0.2) is 4.79 Å². The van der Waals surface area contributed by atoms with Crippen LogP contribution in [0.4, 0.5) is 26.3 Å². The zero-order chi connectivity index (χ0) is 26.6. The van der Waals surface area contributed by atoms with Crippen LogP contribution in [0.5, 0.6) is 0 Å². The standard InChI is InChI=1S/C21H24F6O9/c1-8(2)14(28)31-12-10-11(32-16(12)30-3)13-17(33-10)36-19(35-13)6-4-9(5-7-19)15(29)34-18(20(22,23)24)21(25,26)27/h9-13,16-18H,1,4-7H2,2-3H3/t9?,10-,11-,12?,13+,16?,17?,19?/m0/s1. The highest BCUT2D eigenvalue weighted by molar-refractivity contribution is 5.87. The molecule has 204 valence electrons. The number of esters is 2. The van der Waals surface area contributed by atoms with Gasteiger partial charge in [0.15, 0.2) is 24.5 Å². The molecule has 4 rings (SSSR count). The molecular formula is C21H24F6O9. The minimum atomic E-state index is -5.79. The van der Waals surface area contributed by atoms with Crippen LogP contribution in [-0.4, -0.2) is 80.3 Å². The molecule has 0 N–H and O–H groups in total. The van der Waals surface area contributed by atoms with Gasteiger partial charge in [-0.05, 0) is 19.8 Å². The maximum absolute atomic E-state index is 12.7. The van der Waals surface area contributed by atoms with Crippen LogP contribution in [0.2, 0.25) is 0 Å². The molecule has 9 nitrogen and oxygen atoms in total. The van der Waals surface area contributed by atoms with Crippen molar-refractivity contribution >= 4 is 11.9 Å². The lowest BCUT2D eigenvalue weighted by molar-refractivity contribution is -0.315. The number of alkyl halides is 6. The molecule has 1 spiro atoms. The SMILES string of the molecule is C=C(C)C(=O)OC1C(OC)O[C@H]2[C@@H]1OC1OC3(CCC(C(=O)OC(C(F)(F)F)C(F)(F)F)CC3)O[C@@H]12. The fraction of sp³-hybridized carbons (Fsp3) is 0.810. The fourth-order valence-corrected chi connectivity index (χ4v) is 4.76. The average molecular weight is 534 g/mol. The second-order valence-electron chi connectivity index (χ2n) is 9.11. The Kier molecular flexibility index (Phi) is 7.09. The molecule has 0 radical (unpaired) electrons. The summed E-state index contributed by atoms with van der Waals surface area (Å²) in [4.78, 5) is 24.1. The molecule has 1 aliphatic carbocycles. The van der Waals surface area contributed by atoms with Gasteiger partial charge in [0.2, 0.25) is 0 Å². The van der Waals surface area contributed by atoms with E-state index in [1.807, 2.05) is 0 Å². The molecule has 0 amide bonds. The van der Waals surface area contributed by atoms with Crippen LogP contribution in [0, 0.1) is 5.92 Å². The van der Waals surface area contributed by atoms with Gasteiger partial charge in [-0.1, -0.05) is 6.58 Å². The highest BCUT2D eigenvalue weighted by atomic mass is 19.4. The number of hydrogen-bond acceptors (Lipinski definition) is 9. The molecule has 0 bridgehead atoms. The molecule has 15 heteroatoms. The third-order valence-electron chi connectivity index (χ3n) is 6.51. The first-order valence-corrected chi connectivity index (χ1v) is 11.0. The summed E-state index contributed by atoms with van der Waals surface area (Å²) in [5, 5.41) is 0. The lowest BCUT2D eigenvalue weighted by Crippen LogP contribution is -2.47. The topological polar surface area (TPSA) is 98.8 Å². The number of hydrogen-bond donors (Lipinski definition) is 0. The molecule has 3 unspecified atom stereocenters. The van der Waals surface area contributed by atoms with Gasteiger partial charge < -0.3 is 33.2 Å². The number of rotatable bonds is 5. The van der Waals surface area contributed by atoms with Gasteiger partial charge in [0, 0.05) is 25.5 Å². The number of methoxy groups -OCH3 is 1. The van der Waals surface area contributed by atoms with Crippen LogP contribution < -0.4 is 0 Å². The average Bonchev–Trinajstić information content (AvgIpc) is 3.38. The maximum atomic E-state index is 12.7. The summed E-state index contributed by atoms with van der Waals surface area (Å²) in [6.07, 6.45) is -21.2. The molecule has 3 aliphatic heterocycles. The highest BCUT2D eigenvalue weighted by Gasteiger charge is 2.66. The molecule has 0 aromatic carbocycles. The van der Waals surface area contributed by atoms with E-state index in [1.54, 1.807) is 0 Å². The zero-order valence-corrected chi connectivity index (χ0v) is 19.1. The Bertz CT molecular complexity index is 868. The molecular weight excluding hydrogens is 510 g/mol. The van der Waals surface area contributed by atoms with Crippen molar-refractivity contribution in [3.8, 4) is 0 Å². The first-order chi connectivity index (χ1) is 16.6. The van der Waals surface area contributed by atoms with Crippen LogP contribution in [0.1, 0.15) is 32.6 Å². The molecule has 1 saturated carbocycles. The Labute approximate surface area is 200 Å². The van der Waals surface area contributed by atoms with Crippen molar-refractivity contribution in [1.82, 2.24) is 0 Å². The Morgan fingerprint density at radius 2 is 1.58 bits per heavy atom. The summed E-state index contributed by atoms with van der Waals surface area (Å²) in [6, 6.07) is 0. The fourth-order valence-electron chi connectivity index (χ4n) is 4.76. The van der Waals surface area contributed by atoms with Crippen LogP contribution in [0.25, 0.3) is 0 Å². The lowest BCUT2D eigenvalue weighted by atomic mass is 9.85. The predicted octanol–water partition coefficient (Wildman–Crippen LogP) is 2.91. The van der Waals surface area contributed by atoms with Crippen molar-refractivity contribution in [3.63, 3.8) is 0 Å². The van der Waals surface area contributed by atoms with Gasteiger partial charge >= 0.3 is 24.3 Å². The molecule has 0 aromatic rings. The van der Waals surface area contributed by atoms with E-state index in [1.165, 1.54) is 14.0 Å². The van der Waals surface area contributed by atoms with E-state index in [-0.39, 0.29) is 31.3 Å². The van der Waals surface area contributed by atoms with Gasteiger partial charge in [-0.3, -0.25) is 4.79 Å². The number of ether oxygens (including phenoxy) is 7. The Hall–Kier alpha value is -1.94. The van der Waals surface area contributed by atoms with Gasteiger partial charge in [-0.15, -0.1) is 0 Å². The summed E-state index contributed by atoms with van der Waals surface area (Å²) in [7, 11) is 1.35. The molecule has 6 atom stereocenters. The second-order valence-corrected chi connectivity index (χ2v) is 9.11. The Balaban J connectivity index is 1.35. The first kappa shape index (κ1) is 27.1. The van der Waals surface area contributed by atoms with E-state index in [9.17, 15) is 35.9 Å². The van der Waals surface area contributed by atoms with Crippen molar-refractivity contribution in [2.75, 3.05) is 7.11 Å². The van der Waals surface area contributed by atoms with Gasteiger partial charge in [0.25, 0.3) is 6.10 Å². The number of fused-ring (bicyclic) bond motifs is 3. The summed E-state index contributed by atoms with van der Waals surface area (Å²) in [6.45, 7) is 4.98. The largest absolute Gasteiger partial charge is 0.451 e. The van der Waals surface area contributed by atoms with Gasteiger partial charge in [0.05, 0.1) is 5.92 Å². The van der Waals surface area contributed by atoms with Crippen LogP contribution in [-0.2, 0) is 42.7 Å². The monoisotopic (exact) mass is 534 g/mol. The van der Waals surface area contributed by atoms with E-state index in [4.69, 9.17) is 28.4 Å². The minimum absolute atomic E-state index is 0.00893. The van der Waals surface area contributed by atoms with Crippen molar-refractivity contribution in [2.24, 2.45) is 5.92 Å². The lowest BCUT2D eigenvalue weighted by Gasteiger charge is -2.36. The van der Waals surface area contributed by atoms with E-state index >= 15 is 0 Å². The summed E-state index contributed by atoms with van der Waals surface area (Å²) >= 11 is 0. The normalized spacial score (nSPS) is 38.2. The number of carbonyl (C=O) groups is 2. The Morgan fingerprint density at radius 1 is 0.972 bits per heavy atom. The van der Waals surface area contributed by atoms with Crippen molar-refractivity contribution < 1.29 is 69.1 Å². The number of carbonyl (C=O) groups excluding carboxylic acids is 2. The van der Waals surface area contributed by atoms with Gasteiger partial charge in [-0.2, -0.15) is 26.3 Å². The van der Waals surface area contributed by atoms with Crippen molar-refractivity contribution in [1.29, 1.82) is 0 Å². The summed E-state index contributed by atoms with van der Waals surface area (Å²) in [5.41, 5.74) is 0.157. The number of halogens is 6. The smallest absolute Gasteiger partial charge is 0.434 e. The highest BCUT2D eigenvalue weighted by Crippen LogP contribution is 2.50. The van der Waals surface area contributed by atoms with E-state index in [0.29, 0.717) is 0 Å². The molecule has 3 saturated heterocycles. The zero-order valence-electron chi connectivity index (χ0n) is 19.1. The minimum Gasteiger partial charge on any atom is -0.451 e. The molecule has 4 aliphatic rings. The van der Waals surface area contributed by atoms with E-state index in [2.05, 4.69) is 11.3 Å². The predicted molar refractivity (Wildman–Crippen MR) is 102 cm³/mol. The first-order valence-electron chi connectivity index (χ1n) is 11.0. The second kappa shape index (κ2) is 9.42. The van der Waals surface area contributed by atoms with E-state index < -0.39 is 79.1 Å². The third kappa shape index (κ3) is 5.08. The van der Waals surface area contributed by atoms with E-state index in [0.717, 1.165) is 0 Å². The maximum Gasteiger partial charge on any atom is 0.434 e. The van der Waals surface area contributed by atoms with Crippen LogP contribution in [0.15, 0.2) is 12.2 Å². The quantitative estimate of drug-likeness (QED) is 0.300. The molecule has 3 heterocycles. The summed E-state index contributed by atoms with van der Waals surface area (Å²) < 4.78 is 114. The van der Waals surface area contributed by atoms with Crippen LogP contribution in [0.3, 0.4) is 0 Å².